The monoisotopic (exact) mass is 308 g/mol. The van der Waals surface area contributed by atoms with Gasteiger partial charge in [-0.1, -0.05) is 24.3 Å². The van der Waals surface area contributed by atoms with Gasteiger partial charge in [-0.15, -0.1) is 0 Å². The van der Waals surface area contributed by atoms with Crippen LogP contribution in [0.25, 0.3) is 0 Å². The number of halogens is 3. The Hall–Kier alpha value is -1.12. The molecule has 4 nitrogen and oxygen atoms in total. The van der Waals surface area contributed by atoms with Gasteiger partial charge in [-0.2, -0.15) is 17.9 Å². The first kappa shape index (κ1) is 15.3. The Bertz CT molecular complexity index is 595. The van der Waals surface area contributed by atoms with E-state index in [2.05, 4.69) is 0 Å². The van der Waals surface area contributed by atoms with Gasteiger partial charge in [-0.05, 0) is 24.0 Å². The minimum atomic E-state index is -4.56. The van der Waals surface area contributed by atoms with E-state index in [0.717, 1.165) is 5.56 Å². The molecule has 112 valence electrons. The molecule has 0 spiro atoms. The third-order valence-electron chi connectivity index (χ3n) is 3.23. The fraction of sp³-hybridized carbons (Fsp3) is 0.500. The minimum Gasteiger partial charge on any atom is -0.326 e. The van der Waals surface area contributed by atoms with Gasteiger partial charge in [0.25, 0.3) is 0 Å². The van der Waals surface area contributed by atoms with E-state index in [0.29, 0.717) is 5.56 Å². The molecule has 2 rings (SSSR count). The molecule has 0 saturated heterocycles. The second-order valence-electron chi connectivity index (χ2n) is 4.97. The third kappa shape index (κ3) is 3.31. The summed E-state index contributed by atoms with van der Waals surface area (Å²) in [4.78, 5) is 0. The Morgan fingerprint density at radius 2 is 1.85 bits per heavy atom. The Kier molecular flexibility index (Phi) is 3.83. The average Bonchev–Trinajstić information content (AvgIpc) is 3.08. The van der Waals surface area contributed by atoms with Crippen LogP contribution in [0.15, 0.2) is 24.3 Å². The zero-order valence-electron chi connectivity index (χ0n) is 10.6. The molecule has 1 aromatic rings. The van der Waals surface area contributed by atoms with E-state index >= 15 is 0 Å². The summed E-state index contributed by atoms with van der Waals surface area (Å²) >= 11 is 0. The summed E-state index contributed by atoms with van der Waals surface area (Å²) in [7, 11) is -4.05. The van der Waals surface area contributed by atoms with Crippen molar-refractivity contribution in [3.63, 3.8) is 0 Å². The second-order valence-corrected chi connectivity index (χ2v) is 6.69. The van der Waals surface area contributed by atoms with Crippen LogP contribution in [0, 0.1) is 0 Å². The maximum Gasteiger partial charge on any atom is 0.407 e. The van der Waals surface area contributed by atoms with Crippen LogP contribution in [0.4, 0.5) is 13.2 Å². The van der Waals surface area contributed by atoms with E-state index in [-0.39, 0.29) is 19.4 Å². The van der Waals surface area contributed by atoms with Crippen molar-refractivity contribution in [2.75, 3.05) is 0 Å². The normalized spacial score (nSPS) is 18.0. The Labute approximate surface area is 115 Å². The fourth-order valence-electron chi connectivity index (χ4n) is 1.97. The van der Waals surface area contributed by atoms with Crippen LogP contribution in [0.3, 0.4) is 0 Å². The zero-order valence-corrected chi connectivity index (χ0v) is 11.4. The lowest BCUT2D eigenvalue weighted by molar-refractivity contribution is -0.160. The van der Waals surface area contributed by atoms with Crippen molar-refractivity contribution in [3.05, 3.63) is 35.4 Å². The smallest absolute Gasteiger partial charge is 0.326 e. The molecule has 0 aromatic heterocycles. The fourth-order valence-corrected chi connectivity index (χ4v) is 3.57. The summed E-state index contributed by atoms with van der Waals surface area (Å²) < 4.78 is 63.7. The molecule has 0 amide bonds. The van der Waals surface area contributed by atoms with Crippen molar-refractivity contribution in [1.29, 1.82) is 0 Å². The van der Waals surface area contributed by atoms with Crippen LogP contribution in [0.5, 0.6) is 0 Å². The van der Waals surface area contributed by atoms with Crippen LogP contribution in [0.1, 0.15) is 24.0 Å². The second kappa shape index (κ2) is 5.01. The molecule has 1 fully saturated rings. The Balaban J connectivity index is 2.12. The van der Waals surface area contributed by atoms with E-state index in [1.54, 1.807) is 29.0 Å². The SMILES string of the molecule is NCc1cccc(CS(=O)(=O)NC2(C(F)(F)F)CC2)c1. The lowest BCUT2D eigenvalue weighted by Gasteiger charge is -2.20. The highest BCUT2D eigenvalue weighted by molar-refractivity contribution is 7.88. The molecular formula is C12H15F3N2O2S. The van der Waals surface area contributed by atoms with Crippen molar-refractivity contribution in [2.45, 2.75) is 36.9 Å². The highest BCUT2D eigenvalue weighted by atomic mass is 32.2. The number of nitrogens with two attached hydrogens (primary N) is 1. The van der Waals surface area contributed by atoms with Crippen LogP contribution in [-0.2, 0) is 22.3 Å². The molecule has 3 N–H and O–H groups in total. The van der Waals surface area contributed by atoms with Gasteiger partial charge < -0.3 is 5.73 Å². The Morgan fingerprint density at radius 3 is 2.35 bits per heavy atom. The molecule has 0 heterocycles. The van der Waals surface area contributed by atoms with Crippen LogP contribution in [0.2, 0.25) is 0 Å². The van der Waals surface area contributed by atoms with Crippen LogP contribution in [-0.4, -0.2) is 20.1 Å². The predicted octanol–water partition coefficient (Wildman–Crippen LogP) is 1.66. The highest BCUT2D eigenvalue weighted by Crippen LogP contribution is 2.49. The van der Waals surface area contributed by atoms with Gasteiger partial charge in [0.05, 0.1) is 5.75 Å². The average molecular weight is 308 g/mol. The van der Waals surface area contributed by atoms with E-state index in [4.69, 9.17) is 5.73 Å². The van der Waals surface area contributed by atoms with Gasteiger partial charge in [-0.3, -0.25) is 0 Å². The van der Waals surface area contributed by atoms with Crippen molar-refractivity contribution in [1.82, 2.24) is 4.72 Å². The minimum absolute atomic E-state index is 0.210. The lowest BCUT2D eigenvalue weighted by Crippen LogP contribution is -2.48. The quantitative estimate of drug-likeness (QED) is 0.869. The van der Waals surface area contributed by atoms with Gasteiger partial charge in [0.1, 0.15) is 5.54 Å². The van der Waals surface area contributed by atoms with Gasteiger partial charge in [0, 0.05) is 6.54 Å². The van der Waals surface area contributed by atoms with Crippen molar-refractivity contribution < 1.29 is 21.6 Å². The molecule has 20 heavy (non-hydrogen) atoms. The summed E-state index contributed by atoms with van der Waals surface area (Å²) in [5, 5.41) is 0. The molecule has 0 aliphatic heterocycles. The summed E-state index contributed by atoms with van der Waals surface area (Å²) in [5.41, 5.74) is 4.32. The summed E-state index contributed by atoms with van der Waals surface area (Å²) in [6, 6.07) is 6.48. The number of rotatable bonds is 5. The molecule has 1 saturated carbocycles. The van der Waals surface area contributed by atoms with E-state index < -0.39 is 27.5 Å². The summed E-state index contributed by atoms with van der Waals surface area (Å²) in [5.74, 6) is -0.487. The summed E-state index contributed by atoms with van der Waals surface area (Å²) in [6.45, 7) is 0.244. The van der Waals surface area contributed by atoms with Gasteiger partial charge in [0.2, 0.25) is 10.0 Å². The number of alkyl halides is 3. The maximum atomic E-state index is 12.7. The number of benzene rings is 1. The van der Waals surface area contributed by atoms with Gasteiger partial charge >= 0.3 is 6.18 Å². The first-order valence-corrected chi connectivity index (χ1v) is 7.69. The molecule has 0 atom stereocenters. The molecular weight excluding hydrogens is 293 g/mol. The predicted molar refractivity (Wildman–Crippen MR) is 68.1 cm³/mol. The largest absolute Gasteiger partial charge is 0.407 e. The van der Waals surface area contributed by atoms with Gasteiger partial charge in [0.15, 0.2) is 0 Å². The first-order valence-electron chi connectivity index (χ1n) is 6.04. The van der Waals surface area contributed by atoms with E-state index in [9.17, 15) is 21.6 Å². The molecule has 0 radical (unpaired) electrons. The van der Waals surface area contributed by atoms with Crippen LogP contribution >= 0.6 is 0 Å². The number of sulfonamides is 1. The van der Waals surface area contributed by atoms with Crippen LogP contribution < -0.4 is 10.5 Å². The topological polar surface area (TPSA) is 72.2 Å². The highest BCUT2D eigenvalue weighted by Gasteiger charge is 2.65. The molecule has 0 unspecified atom stereocenters. The number of hydrogen-bond donors (Lipinski definition) is 2. The molecule has 1 aliphatic carbocycles. The maximum absolute atomic E-state index is 12.7. The van der Waals surface area contributed by atoms with Crippen molar-refractivity contribution in [3.8, 4) is 0 Å². The molecule has 0 bridgehead atoms. The third-order valence-corrected chi connectivity index (χ3v) is 4.64. The van der Waals surface area contributed by atoms with Crippen molar-refractivity contribution >= 4 is 10.0 Å². The molecule has 1 aromatic carbocycles. The van der Waals surface area contributed by atoms with Gasteiger partial charge in [-0.25, -0.2) is 8.42 Å². The standard InChI is InChI=1S/C12H15F3N2O2S/c13-12(14,15)11(4-5-11)17-20(18,19)8-10-3-1-2-9(6-10)7-16/h1-3,6,17H,4-5,7-8,16H2. The molecule has 1 aliphatic rings. The lowest BCUT2D eigenvalue weighted by atomic mass is 10.1. The van der Waals surface area contributed by atoms with E-state index in [1.807, 2.05) is 0 Å². The number of hydrogen-bond acceptors (Lipinski definition) is 3. The molecule has 8 heteroatoms. The Morgan fingerprint density at radius 1 is 1.25 bits per heavy atom. The van der Waals surface area contributed by atoms with Crippen molar-refractivity contribution in [2.24, 2.45) is 5.73 Å². The first-order chi connectivity index (χ1) is 9.17. The number of nitrogens with one attached hydrogen (secondary N) is 1. The summed E-state index contributed by atoms with van der Waals surface area (Å²) in [6.07, 6.45) is -4.98. The van der Waals surface area contributed by atoms with E-state index in [1.165, 1.54) is 0 Å². The zero-order chi connectivity index (χ0) is 15.0.